The van der Waals surface area contributed by atoms with Gasteiger partial charge < -0.3 is 42.6 Å². The number of aryl methyl sites for hydroxylation is 2. The summed E-state index contributed by atoms with van der Waals surface area (Å²) in [5.41, 5.74) is 2.77. The third kappa shape index (κ3) is 12.0. The molecule has 4 rings (SSSR count). The number of hydrogen-bond acceptors (Lipinski definition) is 15. The van der Waals surface area contributed by atoms with Crippen LogP contribution in [0.25, 0.3) is 0 Å². The maximum atomic E-state index is 12.3. The second kappa shape index (κ2) is 17.3. The molecule has 264 valence electrons. The molecule has 0 aliphatic carbocycles. The topological polar surface area (TPSA) is 234 Å². The van der Waals surface area contributed by atoms with Crippen LogP contribution in [0.1, 0.15) is 18.1 Å². The molecule has 3 unspecified atom stereocenters. The van der Waals surface area contributed by atoms with E-state index < -0.39 is 61.8 Å². The van der Waals surface area contributed by atoms with E-state index in [9.17, 15) is 28.8 Å². The number of amides is 4. The maximum absolute atomic E-state index is 12.3. The molecule has 4 N–H and O–H groups in total. The normalized spacial score (nSPS) is 16.9. The second-order valence-corrected chi connectivity index (χ2v) is 10.5. The molecule has 2 fully saturated rings. The predicted octanol–water partition coefficient (Wildman–Crippen LogP) is 4.63. The Morgan fingerprint density at radius 3 is 1.80 bits per heavy atom. The fraction of sp³-hybridized carbons (Fsp3) is 0.400. The van der Waals surface area contributed by atoms with Gasteiger partial charge in [0.25, 0.3) is 0 Å². The Labute approximate surface area is 278 Å². The van der Waals surface area contributed by atoms with Gasteiger partial charge in [0.05, 0.1) is 6.10 Å². The summed E-state index contributed by atoms with van der Waals surface area (Å²) in [7, 11) is 0. The zero-order valence-corrected chi connectivity index (χ0v) is 26.6. The van der Waals surface area contributed by atoms with Crippen molar-refractivity contribution in [2.24, 2.45) is 0 Å². The number of ether oxygens (including phenoxy) is 9. The highest BCUT2D eigenvalue weighted by Crippen LogP contribution is 2.22. The molecule has 0 spiro atoms. The number of cyclic esters (lactones) is 4. The summed E-state index contributed by atoms with van der Waals surface area (Å²) < 4.78 is 44.4. The highest BCUT2D eigenvalue weighted by Gasteiger charge is 2.27. The van der Waals surface area contributed by atoms with E-state index in [4.69, 9.17) is 33.2 Å². The van der Waals surface area contributed by atoms with Crippen molar-refractivity contribution in [1.82, 2.24) is 0 Å². The summed E-state index contributed by atoms with van der Waals surface area (Å²) in [4.78, 5) is 70.6. The molecule has 2 aliphatic rings. The van der Waals surface area contributed by atoms with Crippen molar-refractivity contribution in [1.29, 1.82) is 0 Å². The van der Waals surface area contributed by atoms with Crippen LogP contribution in [0.5, 0.6) is 0 Å². The quantitative estimate of drug-likeness (QED) is 0.127. The first-order valence-corrected chi connectivity index (χ1v) is 14.7. The lowest BCUT2D eigenvalue weighted by atomic mass is 10.2. The lowest BCUT2D eigenvalue weighted by molar-refractivity contribution is -0.0643. The van der Waals surface area contributed by atoms with Crippen LogP contribution >= 0.6 is 0 Å². The number of hydrogen-bond donors (Lipinski definition) is 4. The van der Waals surface area contributed by atoms with Crippen molar-refractivity contribution >= 4 is 59.4 Å². The van der Waals surface area contributed by atoms with E-state index in [0.29, 0.717) is 33.9 Å². The van der Waals surface area contributed by atoms with Gasteiger partial charge in [-0.3, -0.25) is 21.3 Å². The van der Waals surface area contributed by atoms with Crippen LogP contribution in [0.2, 0.25) is 0 Å². The highest BCUT2D eigenvalue weighted by molar-refractivity contribution is 5.90. The monoisotopic (exact) mass is 690 g/mol. The molecule has 2 aromatic carbocycles. The summed E-state index contributed by atoms with van der Waals surface area (Å²) in [6.45, 7) is 4.04. The number of benzene rings is 2. The van der Waals surface area contributed by atoms with E-state index in [2.05, 4.69) is 30.7 Å². The zero-order chi connectivity index (χ0) is 35.3. The first-order chi connectivity index (χ1) is 23.4. The van der Waals surface area contributed by atoms with E-state index in [-0.39, 0.29) is 33.0 Å². The fourth-order valence-electron chi connectivity index (χ4n) is 3.99. The Hall–Kier alpha value is -5.98. The third-order valence-electron chi connectivity index (χ3n) is 6.52. The van der Waals surface area contributed by atoms with E-state index in [0.717, 1.165) is 0 Å². The SMILES string of the molecule is Cc1cc(NC(=O)OCC(C)OCOC(=O)Nc2ccc(C)c(NC(=O)OCC3COC(=O)O3)c2)ccc1NC(=O)OCC1COC(=O)O1. The molecule has 0 bridgehead atoms. The lowest BCUT2D eigenvalue weighted by Crippen LogP contribution is -2.25. The van der Waals surface area contributed by atoms with Gasteiger partial charge in [-0.25, -0.2) is 28.8 Å². The Balaban J connectivity index is 1.10. The van der Waals surface area contributed by atoms with Crippen molar-refractivity contribution in [2.75, 3.05) is 61.1 Å². The Kier molecular flexibility index (Phi) is 12.6. The molecule has 0 aromatic heterocycles. The molecular weight excluding hydrogens is 656 g/mol. The molecule has 2 aliphatic heterocycles. The van der Waals surface area contributed by atoms with Gasteiger partial charge >= 0.3 is 36.7 Å². The number of carbonyl (C=O) groups is 6. The Morgan fingerprint density at radius 1 is 0.694 bits per heavy atom. The van der Waals surface area contributed by atoms with E-state index in [1.165, 1.54) is 12.1 Å². The molecule has 49 heavy (non-hydrogen) atoms. The van der Waals surface area contributed by atoms with Crippen molar-refractivity contribution in [3.05, 3.63) is 47.5 Å². The average molecular weight is 691 g/mol. The first kappa shape index (κ1) is 35.9. The van der Waals surface area contributed by atoms with Gasteiger partial charge in [-0.05, 0) is 62.2 Å². The van der Waals surface area contributed by atoms with Gasteiger partial charge in [-0.15, -0.1) is 0 Å². The average Bonchev–Trinajstić information content (AvgIpc) is 3.68. The minimum atomic E-state index is -0.846. The number of carbonyl (C=O) groups excluding carboxylic acids is 6. The smallest absolute Gasteiger partial charge is 0.447 e. The number of nitrogens with one attached hydrogen (secondary N) is 4. The Bertz CT molecular complexity index is 1550. The van der Waals surface area contributed by atoms with Crippen LogP contribution in [0, 0.1) is 13.8 Å². The maximum Gasteiger partial charge on any atom is 0.508 e. The minimum Gasteiger partial charge on any atom is -0.447 e. The van der Waals surface area contributed by atoms with Crippen molar-refractivity contribution in [2.45, 2.75) is 39.1 Å². The van der Waals surface area contributed by atoms with Crippen LogP contribution in [-0.4, -0.2) is 94.8 Å². The molecule has 4 amide bonds. The van der Waals surface area contributed by atoms with Crippen LogP contribution in [0.15, 0.2) is 36.4 Å². The molecule has 2 aromatic rings. The number of rotatable bonds is 13. The standard InChI is InChI=1S/C30H34N4O15/c1-16-4-5-20(9-24(16)34-28(38)43-12-22-14-45-30(40)49-22)32-26(36)47-15-46-18(3)10-41-25(35)31-19-6-7-23(17(2)8-19)33-27(37)42-11-21-13-44-29(39)48-21/h4-9,18,21-22H,10-15H2,1-3H3,(H,31,35)(H,32,36)(H,33,37)(H,34,38). The molecule has 19 nitrogen and oxygen atoms in total. The van der Waals surface area contributed by atoms with E-state index in [1.54, 1.807) is 45.0 Å². The number of anilines is 4. The van der Waals surface area contributed by atoms with Crippen LogP contribution in [0.4, 0.5) is 51.5 Å². The van der Waals surface area contributed by atoms with Gasteiger partial charge in [-0.1, -0.05) is 6.07 Å². The minimum absolute atomic E-state index is 0.00295. The van der Waals surface area contributed by atoms with Crippen LogP contribution in [-0.2, 0) is 42.6 Å². The van der Waals surface area contributed by atoms with Crippen molar-refractivity contribution in [3.63, 3.8) is 0 Å². The predicted molar refractivity (Wildman–Crippen MR) is 165 cm³/mol. The third-order valence-corrected chi connectivity index (χ3v) is 6.52. The largest absolute Gasteiger partial charge is 0.508 e. The second-order valence-electron chi connectivity index (χ2n) is 10.5. The summed E-state index contributed by atoms with van der Waals surface area (Å²) in [6.07, 6.45) is -6.83. The summed E-state index contributed by atoms with van der Waals surface area (Å²) in [5, 5.41) is 10.1. The first-order valence-electron chi connectivity index (χ1n) is 14.7. The van der Waals surface area contributed by atoms with Crippen molar-refractivity contribution < 1.29 is 71.4 Å². The summed E-state index contributed by atoms with van der Waals surface area (Å²) in [5.74, 6) is 0. The van der Waals surface area contributed by atoms with Gasteiger partial charge in [0, 0.05) is 22.7 Å². The summed E-state index contributed by atoms with van der Waals surface area (Å²) in [6, 6.07) is 9.41. The van der Waals surface area contributed by atoms with E-state index in [1.807, 2.05) is 0 Å². The lowest BCUT2D eigenvalue weighted by Gasteiger charge is -2.15. The van der Waals surface area contributed by atoms with Gasteiger partial charge in [0.1, 0.15) is 33.0 Å². The molecule has 19 heteroatoms. The molecule has 2 saturated heterocycles. The van der Waals surface area contributed by atoms with Gasteiger partial charge in [0.2, 0.25) is 0 Å². The van der Waals surface area contributed by atoms with Gasteiger partial charge in [-0.2, -0.15) is 0 Å². The fourth-order valence-corrected chi connectivity index (χ4v) is 3.99. The molecule has 2 heterocycles. The van der Waals surface area contributed by atoms with E-state index >= 15 is 0 Å². The van der Waals surface area contributed by atoms with Crippen LogP contribution in [0.3, 0.4) is 0 Å². The highest BCUT2D eigenvalue weighted by atomic mass is 16.8. The van der Waals surface area contributed by atoms with Crippen molar-refractivity contribution in [3.8, 4) is 0 Å². The molecule has 0 saturated carbocycles. The summed E-state index contributed by atoms with van der Waals surface area (Å²) >= 11 is 0. The zero-order valence-electron chi connectivity index (χ0n) is 26.6. The molecule has 3 atom stereocenters. The molecule has 0 radical (unpaired) electrons. The van der Waals surface area contributed by atoms with Crippen LogP contribution < -0.4 is 21.3 Å². The Morgan fingerprint density at radius 2 is 1.22 bits per heavy atom. The van der Waals surface area contributed by atoms with Gasteiger partial charge in [0.15, 0.2) is 19.0 Å². The molecular formula is C30H34N4O15.